The Hall–Kier alpha value is -4.17. The van der Waals surface area contributed by atoms with Gasteiger partial charge in [0.1, 0.15) is 5.82 Å². The molecule has 2 N–H and O–H groups in total. The molecule has 33 heavy (non-hydrogen) atoms. The van der Waals surface area contributed by atoms with Crippen molar-refractivity contribution < 1.29 is 4.79 Å². The summed E-state index contributed by atoms with van der Waals surface area (Å²) >= 11 is 0. The summed E-state index contributed by atoms with van der Waals surface area (Å²) in [6.07, 6.45) is 12.9. The number of allylic oxidation sites excluding steroid dienone is 4. The highest BCUT2D eigenvalue weighted by atomic mass is 16.1. The van der Waals surface area contributed by atoms with Crippen LogP contribution < -0.4 is 10.6 Å². The maximum atomic E-state index is 12.9. The van der Waals surface area contributed by atoms with E-state index in [1.807, 2.05) is 42.5 Å². The first-order valence-corrected chi connectivity index (χ1v) is 11.2. The number of aromatic nitrogens is 1. The predicted octanol–water partition coefficient (Wildman–Crippen LogP) is 4.96. The van der Waals surface area contributed by atoms with Crippen LogP contribution in [0.4, 0.5) is 5.82 Å². The molecule has 0 bridgehead atoms. The minimum atomic E-state index is -0.0107. The van der Waals surface area contributed by atoms with E-state index in [0.29, 0.717) is 17.8 Å². The van der Waals surface area contributed by atoms with Gasteiger partial charge in [-0.15, -0.1) is 0 Å². The van der Waals surface area contributed by atoms with E-state index in [1.54, 1.807) is 12.3 Å². The van der Waals surface area contributed by atoms with Crippen LogP contribution in [0.5, 0.6) is 0 Å². The molecular formula is C28H24N4O. The van der Waals surface area contributed by atoms with E-state index in [0.717, 1.165) is 41.3 Å². The number of aryl methyl sites for hydroxylation is 1. The van der Waals surface area contributed by atoms with Crippen LogP contribution in [-0.4, -0.2) is 16.9 Å². The van der Waals surface area contributed by atoms with Crippen LogP contribution in [0.2, 0.25) is 0 Å². The van der Waals surface area contributed by atoms with Crippen LogP contribution in [-0.2, 0) is 17.6 Å². The Morgan fingerprint density at radius 2 is 1.97 bits per heavy atom. The summed E-state index contributed by atoms with van der Waals surface area (Å²) in [6.45, 7) is 0. The zero-order valence-corrected chi connectivity index (χ0v) is 18.2. The number of hydrogen-bond acceptors (Lipinski definition) is 4. The molecule has 0 saturated carbocycles. The van der Waals surface area contributed by atoms with Gasteiger partial charge in [0.05, 0.1) is 11.6 Å². The Bertz CT molecular complexity index is 1360. The monoisotopic (exact) mass is 432 g/mol. The van der Waals surface area contributed by atoms with Gasteiger partial charge in [0.25, 0.3) is 0 Å². The number of hydrogen-bond donors (Lipinski definition) is 2. The number of anilines is 1. The molecule has 0 spiro atoms. The zero-order valence-electron chi connectivity index (χ0n) is 18.2. The molecule has 2 aliphatic rings. The fraction of sp³-hybridized carbons (Fsp3) is 0.179. The molecule has 0 fully saturated rings. The third kappa shape index (κ3) is 4.56. The summed E-state index contributed by atoms with van der Waals surface area (Å²) < 4.78 is 0. The molecule has 1 atom stereocenters. The third-order valence-electron chi connectivity index (χ3n) is 6.23. The molecule has 2 aliphatic carbocycles. The predicted molar refractivity (Wildman–Crippen MR) is 130 cm³/mol. The molecule has 1 unspecified atom stereocenters. The fourth-order valence-corrected chi connectivity index (χ4v) is 4.45. The smallest absolute Gasteiger partial charge is 0.247 e. The molecule has 162 valence electrons. The summed E-state index contributed by atoms with van der Waals surface area (Å²) in [5.74, 6) is 0.672. The first kappa shape index (κ1) is 20.7. The lowest BCUT2D eigenvalue weighted by Gasteiger charge is -2.25. The van der Waals surface area contributed by atoms with E-state index in [-0.39, 0.29) is 11.9 Å². The number of benzene rings is 2. The van der Waals surface area contributed by atoms with Gasteiger partial charge < -0.3 is 10.6 Å². The van der Waals surface area contributed by atoms with Crippen LogP contribution in [0.15, 0.2) is 90.3 Å². The maximum Gasteiger partial charge on any atom is 0.247 e. The lowest BCUT2D eigenvalue weighted by Crippen LogP contribution is -2.39. The second kappa shape index (κ2) is 9.13. The van der Waals surface area contributed by atoms with Crippen molar-refractivity contribution in [3.8, 4) is 6.07 Å². The van der Waals surface area contributed by atoms with Crippen molar-refractivity contribution in [2.24, 2.45) is 0 Å². The summed E-state index contributed by atoms with van der Waals surface area (Å²) in [5, 5.41) is 17.7. The van der Waals surface area contributed by atoms with Gasteiger partial charge in [-0.25, -0.2) is 4.98 Å². The number of nitrogens with zero attached hydrogens (tertiary/aromatic N) is 2. The lowest BCUT2D eigenvalue weighted by molar-refractivity contribution is -0.118. The van der Waals surface area contributed by atoms with Gasteiger partial charge in [-0.2, -0.15) is 5.26 Å². The molecule has 0 radical (unpaired) electrons. The molecule has 0 aliphatic heterocycles. The number of rotatable bonds is 4. The highest BCUT2D eigenvalue weighted by molar-refractivity contribution is 5.95. The van der Waals surface area contributed by atoms with E-state index in [2.05, 4.69) is 46.0 Å². The molecular weight excluding hydrogens is 408 g/mol. The highest BCUT2D eigenvalue weighted by Gasteiger charge is 2.21. The Kier molecular flexibility index (Phi) is 5.73. The summed E-state index contributed by atoms with van der Waals surface area (Å²) in [6, 6.07) is 18.3. The minimum absolute atomic E-state index is 0.0107. The van der Waals surface area contributed by atoms with Crippen LogP contribution in [0.1, 0.15) is 29.5 Å². The van der Waals surface area contributed by atoms with E-state index in [1.165, 1.54) is 11.1 Å². The number of fused-ring (bicyclic) bond motifs is 2. The van der Waals surface area contributed by atoms with Crippen molar-refractivity contribution in [3.63, 3.8) is 0 Å². The van der Waals surface area contributed by atoms with E-state index in [9.17, 15) is 10.1 Å². The van der Waals surface area contributed by atoms with E-state index >= 15 is 0 Å². The number of pyridine rings is 1. The van der Waals surface area contributed by atoms with Crippen molar-refractivity contribution >= 4 is 22.5 Å². The average molecular weight is 433 g/mol. The topological polar surface area (TPSA) is 77.8 Å². The summed E-state index contributed by atoms with van der Waals surface area (Å²) in [5.41, 5.74) is 4.89. The second-order valence-corrected chi connectivity index (χ2v) is 8.43. The van der Waals surface area contributed by atoms with Gasteiger partial charge >= 0.3 is 0 Å². The van der Waals surface area contributed by atoms with Crippen LogP contribution in [0.3, 0.4) is 0 Å². The van der Waals surface area contributed by atoms with Crippen molar-refractivity contribution in [2.45, 2.75) is 31.7 Å². The van der Waals surface area contributed by atoms with Gasteiger partial charge in [0.2, 0.25) is 5.91 Å². The molecule has 3 aromatic rings. The fourth-order valence-electron chi connectivity index (χ4n) is 4.45. The molecule has 1 heterocycles. The Morgan fingerprint density at radius 3 is 2.85 bits per heavy atom. The van der Waals surface area contributed by atoms with Gasteiger partial charge in [-0.3, -0.25) is 4.79 Å². The molecule has 5 heteroatoms. The standard InChI is InChI=1S/C28H24N4O/c29-18-19-8-9-21-14-15-30-27(26(21)16-19)31-24-7-3-6-22(11-12-24)28(33)32-25-13-10-20-4-1-2-5-23(20)17-25/h1-5,7-9,11-12,14-16,25H,6,10,13,17H2,(H,30,31)(H,32,33). The number of carbonyl (C=O) groups is 1. The minimum Gasteiger partial charge on any atom is -0.349 e. The number of nitrogens with one attached hydrogen (secondary N) is 2. The van der Waals surface area contributed by atoms with E-state index in [4.69, 9.17) is 0 Å². The molecule has 1 aromatic heterocycles. The first-order chi connectivity index (χ1) is 16.2. The van der Waals surface area contributed by atoms with Crippen LogP contribution in [0.25, 0.3) is 10.8 Å². The molecule has 0 saturated heterocycles. The molecule has 5 rings (SSSR count). The zero-order chi connectivity index (χ0) is 22.6. The summed E-state index contributed by atoms with van der Waals surface area (Å²) in [7, 11) is 0. The van der Waals surface area contributed by atoms with Gasteiger partial charge in [0.15, 0.2) is 0 Å². The normalized spacial score (nSPS) is 17.2. The average Bonchev–Trinajstić information content (AvgIpc) is 3.09. The molecule has 5 nitrogen and oxygen atoms in total. The lowest BCUT2D eigenvalue weighted by atomic mass is 9.88. The largest absolute Gasteiger partial charge is 0.349 e. The Labute approximate surface area is 193 Å². The van der Waals surface area contributed by atoms with Crippen LogP contribution >= 0.6 is 0 Å². The van der Waals surface area contributed by atoms with Crippen LogP contribution in [0, 0.1) is 11.3 Å². The Morgan fingerprint density at radius 1 is 1.09 bits per heavy atom. The maximum absolute atomic E-state index is 12.9. The Balaban J connectivity index is 1.30. The van der Waals surface area contributed by atoms with Crippen molar-refractivity contribution in [2.75, 3.05) is 5.32 Å². The molecule has 1 amide bonds. The second-order valence-electron chi connectivity index (χ2n) is 8.43. The summed E-state index contributed by atoms with van der Waals surface area (Å²) in [4.78, 5) is 17.4. The molecule has 2 aromatic carbocycles. The number of carbonyl (C=O) groups excluding carboxylic acids is 1. The first-order valence-electron chi connectivity index (χ1n) is 11.2. The third-order valence-corrected chi connectivity index (χ3v) is 6.23. The number of nitriles is 1. The number of amides is 1. The SMILES string of the molecule is N#Cc1ccc2ccnc(NC3=CC=C(C(=O)NC4CCc5ccccc5C4)CC=C3)c2c1. The van der Waals surface area contributed by atoms with Crippen molar-refractivity contribution in [1.82, 2.24) is 10.3 Å². The van der Waals surface area contributed by atoms with Gasteiger partial charge in [-0.05, 0) is 72.5 Å². The van der Waals surface area contributed by atoms with Gasteiger partial charge in [0, 0.05) is 28.9 Å². The van der Waals surface area contributed by atoms with Crippen molar-refractivity contribution in [3.05, 3.63) is 107 Å². The highest BCUT2D eigenvalue weighted by Crippen LogP contribution is 2.25. The van der Waals surface area contributed by atoms with E-state index < -0.39 is 0 Å². The van der Waals surface area contributed by atoms with Gasteiger partial charge in [-0.1, -0.05) is 42.5 Å². The quantitative estimate of drug-likeness (QED) is 0.611. The van der Waals surface area contributed by atoms with Crippen molar-refractivity contribution in [1.29, 1.82) is 5.26 Å².